The zero-order chi connectivity index (χ0) is 11.9. The summed E-state index contributed by atoms with van der Waals surface area (Å²) in [5.74, 6) is 6.16. The number of benzene rings is 1. The summed E-state index contributed by atoms with van der Waals surface area (Å²) in [4.78, 5) is 13.8. The van der Waals surface area contributed by atoms with Crippen LogP contribution in [0.3, 0.4) is 0 Å². The second-order valence-corrected chi connectivity index (χ2v) is 4.44. The lowest BCUT2D eigenvalue weighted by molar-refractivity contribution is -0.127. The Labute approximate surface area is 95.6 Å². The molecule has 1 aliphatic heterocycles. The Morgan fingerprint density at radius 1 is 1.44 bits per heavy atom. The summed E-state index contributed by atoms with van der Waals surface area (Å²) in [7, 11) is 3.76. The van der Waals surface area contributed by atoms with Gasteiger partial charge in [-0.3, -0.25) is 14.7 Å². The molecule has 2 rings (SSSR count). The molecule has 1 aromatic rings. The third kappa shape index (κ3) is 1.27. The first-order chi connectivity index (χ1) is 7.50. The molecule has 0 bridgehead atoms. The van der Waals surface area contributed by atoms with Gasteiger partial charge in [-0.05, 0) is 32.6 Å². The van der Waals surface area contributed by atoms with Crippen LogP contribution in [-0.2, 0) is 11.2 Å². The normalized spacial score (nSPS) is 23.7. The van der Waals surface area contributed by atoms with Crippen molar-refractivity contribution in [3.63, 3.8) is 0 Å². The molecular formula is C12H17N3O. The second-order valence-electron chi connectivity index (χ2n) is 4.44. The van der Waals surface area contributed by atoms with Crippen LogP contribution >= 0.6 is 0 Å². The first kappa shape index (κ1) is 11.1. The van der Waals surface area contributed by atoms with Crippen LogP contribution in [-0.4, -0.2) is 30.4 Å². The number of fused-ring (bicyclic) bond motifs is 1. The monoisotopic (exact) mass is 219 g/mol. The molecule has 16 heavy (non-hydrogen) atoms. The van der Waals surface area contributed by atoms with Crippen molar-refractivity contribution in [2.45, 2.75) is 19.0 Å². The van der Waals surface area contributed by atoms with E-state index < -0.39 is 5.66 Å². The highest BCUT2D eigenvalue weighted by molar-refractivity contribution is 5.92. The van der Waals surface area contributed by atoms with E-state index in [0.29, 0.717) is 6.42 Å². The molecule has 0 aromatic heterocycles. The van der Waals surface area contributed by atoms with Crippen LogP contribution in [0.4, 0.5) is 5.69 Å². The molecule has 0 radical (unpaired) electrons. The van der Waals surface area contributed by atoms with Crippen molar-refractivity contribution >= 4 is 11.5 Å². The number of carbonyl (C=O) groups is 1. The molecule has 86 valence electrons. The molecule has 0 saturated carbocycles. The van der Waals surface area contributed by atoms with Crippen LogP contribution in [0.2, 0.25) is 0 Å². The van der Waals surface area contributed by atoms with Gasteiger partial charge in [0, 0.05) is 6.42 Å². The van der Waals surface area contributed by atoms with Crippen molar-refractivity contribution in [1.29, 1.82) is 0 Å². The molecule has 0 aliphatic carbocycles. The number of Topliss-reactive ketones (excluding diaryl/α,β-unsaturated/α-hetero) is 1. The van der Waals surface area contributed by atoms with Crippen LogP contribution in [0.5, 0.6) is 0 Å². The molecule has 2 N–H and O–H groups in total. The zero-order valence-corrected chi connectivity index (χ0v) is 9.90. The quantitative estimate of drug-likeness (QED) is 0.746. The van der Waals surface area contributed by atoms with E-state index in [4.69, 9.17) is 5.84 Å². The number of para-hydroxylation sites is 1. The van der Waals surface area contributed by atoms with Crippen molar-refractivity contribution in [1.82, 2.24) is 4.90 Å². The largest absolute Gasteiger partial charge is 0.296 e. The number of hydrogen-bond donors (Lipinski definition) is 1. The van der Waals surface area contributed by atoms with Crippen LogP contribution in [0.15, 0.2) is 24.3 Å². The van der Waals surface area contributed by atoms with Gasteiger partial charge in [-0.1, -0.05) is 18.2 Å². The van der Waals surface area contributed by atoms with Gasteiger partial charge in [0.2, 0.25) is 0 Å². The highest BCUT2D eigenvalue weighted by Gasteiger charge is 2.48. The predicted octanol–water partition coefficient (Wildman–Crippen LogP) is 0.770. The van der Waals surface area contributed by atoms with Gasteiger partial charge in [-0.15, -0.1) is 0 Å². The fourth-order valence-corrected chi connectivity index (χ4v) is 2.43. The zero-order valence-electron chi connectivity index (χ0n) is 9.90. The van der Waals surface area contributed by atoms with Gasteiger partial charge >= 0.3 is 0 Å². The van der Waals surface area contributed by atoms with Crippen molar-refractivity contribution in [3.8, 4) is 0 Å². The fourth-order valence-electron chi connectivity index (χ4n) is 2.43. The molecule has 4 heteroatoms. The summed E-state index contributed by atoms with van der Waals surface area (Å²) in [5, 5.41) is 1.59. The Morgan fingerprint density at radius 3 is 2.56 bits per heavy atom. The van der Waals surface area contributed by atoms with Gasteiger partial charge in [0.25, 0.3) is 0 Å². The highest BCUT2D eigenvalue weighted by Crippen LogP contribution is 2.37. The average molecular weight is 219 g/mol. The summed E-state index contributed by atoms with van der Waals surface area (Å²) >= 11 is 0. The van der Waals surface area contributed by atoms with E-state index >= 15 is 0 Å². The van der Waals surface area contributed by atoms with Gasteiger partial charge in [0.1, 0.15) is 0 Å². The Kier molecular flexibility index (Phi) is 2.48. The number of carbonyl (C=O) groups excluding carboxylic acids is 1. The first-order valence-corrected chi connectivity index (χ1v) is 5.31. The lowest BCUT2D eigenvalue weighted by Crippen LogP contribution is -2.64. The van der Waals surface area contributed by atoms with Crippen LogP contribution in [0.1, 0.15) is 12.5 Å². The maximum Gasteiger partial charge on any atom is 0.172 e. The van der Waals surface area contributed by atoms with E-state index in [1.165, 1.54) is 0 Å². The van der Waals surface area contributed by atoms with Crippen LogP contribution in [0, 0.1) is 0 Å². The third-order valence-corrected chi connectivity index (χ3v) is 3.39. The van der Waals surface area contributed by atoms with Gasteiger partial charge in [0.15, 0.2) is 11.4 Å². The standard InChI is InChI=1S/C12H17N3O/c1-9(16)12(14(2)3)8-10-6-4-5-7-11(10)15(12)13/h4-7H,8,13H2,1-3H3. The molecule has 1 heterocycles. The maximum absolute atomic E-state index is 11.9. The maximum atomic E-state index is 11.9. The molecular weight excluding hydrogens is 202 g/mol. The van der Waals surface area contributed by atoms with E-state index in [1.807, 2.05) is 43.3 Å². The number of ketones is 1. The molecule has 0 amide bonds. The number of hydrogen-bond acceptors (Lipinski definition) is 4. The van der Waals surface area contributed by atoms with E-state index in [-0.39, 0.29) is 5.78 Å². The predicted molar refractivity (Wildman–Crippen MR) is 63.9 cm³/mol. The average Bonchev–Trinajstić information content (AvgIpc) is 2.54. The Balaban J connectivity index is 2.53. The number of likely N-dealkylation sites (N-methyl/N-ethyl adjacent to an activating group) is 1. The number of anilines is 1. The lowest BCUT2D eigenvalue weighted by Gasteiger charge is -2.40. The van der Waals surface area contributed by atoms with Gasteiger partial charge in [0.05, 0.1) is 5.69 Å². The van der Waals surface area contributed by atoms with Crippen LogP contribution in [0.25, 0.3) is 0 Å². The number of nitrogens with zero attached hydrogens (tertiary/aromatic N) is 2. The van der Waals surface area contributed by atoms with Gasteiger partial charge < -0.3 is 0 Å². The molecule has 0 saturated heterocycles. The van der Waals surface area contributed by atoms with Crippen molar-refractivity contribution < 1.29 is 4.79 Å². The van der Waals surface area contributed by atoms with E-state index in [2.05, 4.69) is 0 Å². The first-order valence-electron chi connectivity index (χ1n) is 5.31. The van der Waals surface area contributed by atoms with Gasteiger partial charge in [-0.2, -0.15) is 0 Å². The summed E-state index contributed by atoms with van der Waals surface area (Å²) in [6.07, 6.45) is 0.641. The highest BCUT2D eigenvalue weighted by atomic mass is 16.1. The Morgan fingerprint density at radius 2 is 2.06 bits per heavy atom. The van der Waals surface area contributed by atoms with Gasteiger partial charge in [-0.25, -0.2) is 5.84 Å². The topological polar surface area (TPSA) is 49.6 Å². The minimum absolute atomic E-state index is 0.0659. The molecule has 1 unspecified atom stereocenters. The SMILES string of the molecule is CC(=O)C1(N(C)C)Cc2ccccc2N1N. The molecule has 1 aliphatic rings. The third-order valence-electron chi connectivity index (χ3n) is 3.39. The summed E-state index contributed by atoms with van der Waals surface area (Å²) in [6.45, 7) is 1.59. The van der Waals surface area contributed by atoms with E-state index in [1.54, 1.807) is 11.9 Å². The molecule has 4 nitrogen and oxygen atoms in total. The number of hydrazine groups is 1. The fraction of sp³-hybridized carbons (Fsp3) is 0.417. The van der Waals surface area contributed by atoms with E-state index in [0.717, 1.165) is 11.3 Å². The number of rotatable bonds is 2. The summed E-state index contributed by atoms with van der Waals surface area (Å²) < 4.78 is 0. The second kappa shape index (κ2) is 3.57. The molecule has 1 aromatic carbocycles. The van der Waals surface area contributed by atoms with Crippen molar-refractivity contribution in [3.05, 3.63) is 29.8 Å². The number of nitrogens with two attached hydrogens (primary N) is 1. The van der Waals surface area contributed by atoms with Crippen molar-refractivity contribution in [2.75, 3.05) is 19.1 Å². The molecule has 1 atom stereocenters. The Hall–Kier alpha value is -1.39. The molecule has 0 fully saturated rings. The lowest BCUT2D eigenvalue weighted by atomic mass is 9.99. The smallest absolute Gasteiger partial charge is 0.172 e. The Bertz CT molecular complexity index is 430. The van der Waals surface area contributed by atoms with Crippen molar-refractivity contribution in [2.24, 2.45) is 5.84 Å². The molecule has 0 spiro atoms. The summed E-state index contributed by atoms with van der Waals surface area (Å²) in [5.41, 5.74) is 1.32. The van der Waals surface area contributed by atoms with E-state index in [9.17, 15) is 4.79 Å². The van der Waals surface area contributed by atoms with Crippen LogP contribution < -0.4 is 10.9 Å². The summed E-state index contributed by atoms with van der Waals surface area (Å²) in [6, 6.07) is 7.87. The minimum Gasteiger partial charge on any atom is -0.296 e. The minimum atomic E-state index is -0.732.